The number of rotatable bonds is 3. The van der Waals surface area contributed by atoms with Gasteiger partial charge in [0.05, 0.1) is 13.2 Å². The predicted molar refractivity (Wildman–Crippen MR) is 77.2 cm³/mol. The number of carbonyl (C=O) groups is 1. The summed E-state index contributed by atoms with van der Waals surface area (Å²) < 4.78 is 10.6. The fourth-order valence-corrected chi connectivity index (χ4v) is 2.03. The van der Waals surface area contributed by atoms with Gasteiger partial charge in [0.1, 0.15) is 11.5 Å². The third kappa shape index (κ3) is 3.20. The van der Waals surface area contributed by atoms with Crippen LogP contribution in [0.5, 0.6) is 5.75 Å². The second kappa shape index (κ2) is 6.28. The van der Waals surface area contributed by atoms with E-state index in [4.69, 9.17) is 9.47 Å². The smallest absolute Gasteiger partial charge is 0.419 e. The molecule has 0 N–H and O–H groups in total. The molecule has 0 saturated heterocycles. The highest BCUT2D eigenvalue weighted by molar-refractivity contribution is 5.73. The Morgan fingerprint density at radius 1 is 1.25 bits per heavy atom. The molecule has 0 aromatic heterocycles. The van der Waals surface area contributed by atoms with Gasteiger partial charge in [0.25, 0.3) is 0 Å². The number of ether oxygens (including phenoxy) is 2. The zero-order chi connectivity index (χ0) is 14.5. The second-order valence-electron chi connectivity index (χ2n) is 4.91. The lowest BCUT2D eigenvalue weighted by atomic mass is 10.0. The van der Waals surface area contributed by atoms with Crippen LogP contribution in [0, 0.1) is 5.92 Å². The predicted octanol–water partition coefficient (Wildman–Crippen LogP) is 3.57. The van der Waals surface area contributed by atoms with Crippen molar-refractivity contribution in [1.82, 2.24) is 4.90 Å². The molecule has 1 aliphatic rings. The van der Waals surface area contributed by atoms with Crippen molar-refractivity contribution in [1.29, 1.82) is 0 Å². The van der Waals surface area contributed by atoms with Gasteiger partial charge in [-0.15, -0.1) is 0 Å². The van der Waals surface area contributed by atoms with E-state index in [1.807, 2.05) is 24.3 Å². The number of carbonyl (C=O) groups excluding carboxylic acids is 1. The minimum Gasteiger partial charge on any atom is -0.497 e. The van der Waals surface area contributed by atoms with Gasteiger partial charge in [-0.2, -0.15) is 0 Å². The van der Waals surface area contributed by atoms with Gasteiger partial charge in [0.15, 0.2) is 0 Å². The summed E-state index contributed by atoms with van der Waals surface area (Å²) >= 11 is 0. The van der Waals surface area contributed by atoms with Crippen LogP contribution in [0.15, 0.2) is 54.4 Å². The summed E-state index contributed by atoms with van der Waals surface area (Å²) in [6, 6.07) is 8.97. The first-order valence-corrected chi connectivity index (χ1v) is 6.61. The highest BCUT2D eigenvalue weighted by Gasteiger charge is 2.27. The van der Waals surface area contributed by atoms with Crippen LogP contribution in [0.25, 0.3) is 0 Å². The largest absolute Gasteiger partial charge is 0.497 e. The molecule has 0 bridgehead atoms. The second-order valence-corrected chi connectivity index (χ2v) is 4.91. The van der Waals surface area contributed by atoms with Gasteiger partial charge in [0, 0.05) is 6.20 Å². The van der Waals surface area contributed by atoms with Crippen molar-refractivity contribution in [3.63, 3.8) is 0 Å². The Hall–Kier alpha value is -2.23. The van der Waals surface area contributed by atoms with Crippen molar-refractivity contribution in [2.75, 3.05) is 7.11 Å². The zero-order valence-corrected chi connectivity index (χ0v) is 11.9. The Balaban J connectivity index is 2.13. The molecule has 1 aromatic carbocycles. The Bertz CT molecular complexity index is 520. The summed E-state index contributed by atoms with van der Waals surface area (Å²) in [6.07, 6.45) is 4.99. The normalized spacial score (nSPS) is 17.9. The minimum absolute atomic E-state index is 0.0776. The summed E-state index contributed by atoms with van der Waals surface area (Å²) in [5.41, 5.74) is 0. The number of hydrogen-bond acceptors (Lipinski definition) is 3. The maximum absolute atomic E-state index is 12.3. The van der Waals surface area contributed by atoms with Crippen LogP contribution < -0.4 is 4.74 Å². The van der Waals surface area contributed by atoms with Crippen molar-refractivity contribution in [2.24, 2.45) is 5.92 Å². The van der Waals surface area contributed by atoms with Gasteiger partial charge in [-0.05, 0) is 30.2 Å². The van der Waals surface area contributed by atoms with E-state index < -0.39 is 6.09 Å². The number of para-hydroxylation sites is 1. The Morgan fingerprint density at radius 3 is 2.55 bits per heavy atom. The highest BCUT2D eigenvalue weighted by atomic mass is 16.6. The lowest BCUT2D eigenvalue weighted by Gasteiger charge is -2.31. The van der Waals surface area contributed by atoms with Crippen LogP contribution in [0.2, 0.25) is 0 Å². The fourth-order valence-electron chi connectivity index (χ4n) is 2.03. The Kier molecular flexibility index (Phi) is 4.45. The van der Waals surface area contributed by atoms with Gasteiger partial charge < -0.3 is 9.47 Å². The highest BCUT2D eigenvalue weighted by Crippen LogP contribution is 2.22. The average molecular weight is 273 g/mol. The molecule has 20 heavy (non-hydrogen) atoms. The molecule has 0 aliphatic carbocycles. The molecule has 1 aliphatic heterocycles. The Morgan fingerprint density at radius 2 is 1.95 bits per heavy atom. The maximum Gasteiger partial charge on any atom is 0.419 e. The minimum atomic E-state index is -0.391. The Labute approximate surface area is 119 Å². The number of amides is 1. The standard InChI is InChI=1S/C16H19NO3/c1-12(2)15-11-14(19-3)9-10-17(15)16(18)20-13-7-5-4-6-8-13/h4-12,15H,1-3H3. The van der Waals surface area contributed by atoms with E-state index >= 15 is 0 Å². The van der Waals surface area contributed by atoms with E-state index in [9.17, 15) is 4.79 Å². The van der Waals surface area contributed by atoms with E-state index in [2.05, 4.69) is 13.8 Å². The molecule has 106 valence electrons. The van der Waals surface area contributed by atoms with Crippen LogP contribution in [-0.4, -0.2) is 24.1 Å². The molecule has 0 saturated carbocycles. The lowest BCUT2D eigenvalue weighted by Crippen LogP contribution is -2.41. The molecule has 1 unspecified atom stereocenters. The van der Waals surface area contributed by atoms with Crippen molar-refractivity contribution >= 4 is 6.09 Å². The van der Waals surface area contributed by atoms with Gasteiger partial charge in [-0.1, -0.05) is 32.0 Å². The van der Waals surface area contributed by atoms with Crippen molar-refractivity contribution in [3.05, 3.63) is 54.4 Å². The van der Waals surface area contributed by atoms with Crippen LogP contribution in [0.4, 0.5) is 4.79 Å². The van der Waals surface area contributed by atoms with Crippen molar-refractivity contribution in [3.8, 4) is 5.75 Å². The molecular formula is C16H19NO3. The molecule has 2 rings (SSSR count). The van der Waals surface area contributed by atoms with Gasteiger partial charge in [0.2, 0.25) is 0 Å². The average Bonchev–Trinajstić information content (AvgIpc) is 2.47. The van der Waals surface area contributed by atoms with E-state index in [0.29, 0.717) is 5.75 Å². The zero-order valence-electron chi connectivity index (χ0n) is 11.9. The monoisotopic (exact) mass is 273 g/mol. The van der Waals surface area contributed by atoms with Gasteiger partial charge in [-0.25, -0.2) is 4.79 Å². The molecule has 4 nitrogen and oxygen atoms in total. The van der Waals surface area contributed by atoms with Crippen LogP contribution in [0.1, 0.15) is 13.8 Å². The number of nitrogens with zero attached hydrogens (tertiary/aromatic N) is 1. The quantitative estimate of drug-likeness (QED) is 0.845. The molecule has 1 amide bonds. The first kappa shape index (κ1) is 14.2. The number of methoxy groups -OCH3 is 1. The summed E-state index contributed by atoms with van der Waals surface area (Å²) in [6.45, 7) is 4.10. The van der Waals surface area contributed by atoms with Gasteiger partial charge in [-0.3, -0.25) is 4.90 Å². The lowest BCUT2D eigenvalue weighted by molar-refractivity contribution is 0.150. The fraction of sp³-hybridized carbons (Fsp3) is 0.312. The first-order chi connectivity index (χ1) is 9.61. The van der Waals surface area contributed by atoms with E-state index in [1.165, 1.54) is 0 Å². The molecule has 0 fully saturated rings. The van der Waals surface area contributed by atoms with Crippen LogP contribution in [0.3, 0.4) is 0 Å². The van der Waals surface area contributed by atoms with E-state index in [-0.39, 0.29) is 12.0 Å². The molecule has 0 radical (unpaired) electrons. The van der Waals surface area contributed by atoms with E-state index in [1.54, 1.807) is 36.4 Å². The molecule has 1 heterocycles. The molecule has 1 aromatic rings. The number of allylic oxidation sites excluding steroid dienone is 1. The van der Waals surface area contributed by atoms with Crippen LogP contribution in [-0.2, 0) is 4.74 Å². The molecule has 4 heteroatoms. The maximum atomic E-state index is 12.3. The third-order valence-electron chi connectivity index (χ3n) is 3.13. The SMILES string of the molecule is COC1=CC(C(C)C)N(C(=O)Oc2ccccc2)C=C1. The molecular weight excluding hydrogens is 254 g/mol. The van der Waals surface area contributed by atoms with Gasteiger partial charge >= 0.3 is 6.09 Å². The first-order valence-electron chi connectivity index (χ1n) is 6.61. The summed E-state index contributed by atoms with van der Waals surface area (Å²) in [7, 11) is 1.62. The van der Waals surface area contributed by atoms with E-state index in [0.717, 1.165) is 5.76 Å². The summed E-state index contributed by atoms with van der Waals surface area (Å²) in [5.74, 6) is 1.55. The third-order valence-corrected chi connectivity index (χ3v) is 3.13. The number of benzene rings is 1. The summed E-state index contributed by atoms with van der Waals surface area (Å²) in [4.78, 5) is 13.8. The molecule has 1 atom stereocenters. The topological polar surface area (TPSA) is 38.8 Å². The summed E-state index contributed by atoms with van der Waals surface area (Å²) in [5, 5.41) is 0. The number of hydrogen-bond donors (Lipinski definition) is 0. The van der Waals surface area contributed by atoms with Crippen molar-refractivity contribution in [2.45, 2.75) is 19.9 Å². The van der Waals surface area contributed by atoms with Crippen LogP contribution >= 0.6 is 0 Å². The molecule has 0 spiro atoms. The van der Waals surface area contributed by atoms with Crippen molar-refractivity contribution < 1.29 is 14.3 Å².